The molecule has 0 atom stereocenters. The second-order valence-electron chi connectivity index (χ2n) is 4.15. The molecule has 2 aromatic rings. The molecule has 112 valence electrons. The van der Waals surface area contributed by atoms with Crippen molar-refractivity contribution in [3.05, 3.63) is 53.8 Å². The summed E-state index contributed by atoms with van der Waals surface area (Å²) in [6.45, 7) is 5.91. The largest absolute Gasteiger partial charge is 0.397 e. The molecule has 0 fully saturated rings. The lowest BCUT2D eigenvalue weighted by Gasteiger charge is -2.10. The van der Waals surface area contributed by atoms with Crippen molar-refractivity contribution in [1.29, 1.82) is 0 Å². The highest BCUT2D eigenvalue weighted by molar-refractivity contribution is 6.01. The Morgan fingerprint density at radius 1 is 1.10 bits per heavy atom. The molecule has 5 heteroatoms. The summed E-state index contributed by atoms with van der Waals surface area (Å²) in [6.07, 6.45) is 0. The van der Waals surface area contributed by atoms with Crippen LogP contribution in [0.4, 0.5) is 26.2 Å². The van der Waals surface area contributed by atoms with E-state index in [1.54, 1.807) is 6.07 Å². The maximum atomic E-state index is 13.5. The lowest BCUT2D eigenvalue weighted by Crippen LogP contribution is -2.21. The molecule has 4 N–H and O–H groups in total. The van der Waals surface area contributed by atoms with Gasteiger partial charge in [-0.15, -0.1) is 0 Å². The number of para-hydroxylation sites is 1. The summed E-state index contributed by atoms with van der Waals surface area (Å²) in [7, 11) is 0. The Labute approximate surface area is 124 Å². The van der Waals surface area contributed by atoms with Crippen LogP contribution in [-0.4, -0.2) is 6.03 Å². The van der Waals surface area contributed by atoms with Crippen LogP contribution in [0, 0.1) is 12.7 Å². The fourth-order valence-corrected chi connectivity index (χ4v) is 1.67. The number of carbonyl (C=O) groups excluding carboxylic acids is 1. The summed E-state index contributed by atoms with van der Waals surface area (Å²) < 4.78 is 13.5. The van der Waals surface area contributed by atoms with Gasteiger partial charge in [-0.3, -0.25) is 0 Å². The van der Waals surface area contributed by atoms with Gasteiger partial charge in [0, 0.05) is 5.69 Å². The molecule has 21 heavy (non-hydrogen) atoms. The number of anilines is 3. The molecule has 0 saturated carbocycles. The minimum Gasteiger partial charge on any atom is -0.397 e. The molecule has 2 amide bonds. The van der Waals surface area contributed by atoms with Crippen LogP contribution in [0.2, 0.25) is 0 Å². The standard InChI is InChI=1S/C14H14FN3O.C2H6/c1-9-4-2-5-10(8-9)17-14(19)18-13-11(15)6-3-7-12(13)16;1-2/h2-8H,16H2,1H3,(H2,17,18,19);1-2H3. The summed E-state index contributed by atoms with van der Waals surface area (Å²) in [4.78, 5) is 11.8. The van der Waals surface area contributed by atoms with Crippen LogP contribution in [-0.2, 0) is 0 Å². The third kappa shape index (κ3) is 4.80. The number of nitrogens with two attached hydrogens (primary N) is 1. The molecule has 0 bridgehead atoms. The Morgan fingerprint density at radius 3 is 2.38 bits per heavy atom. The molecule has 0 aliphatic heterocycles. The quantitative estimate of drug-likeness (QED) is 0.718. The monoisotopic (exact) mass is 289 g/mol. The maximum absolute atomic E-state index is 13.5. The van der Waals surface area contributed by atoms with Crippen LogP contribution in [0.25, 0.3) is 0 Å². The predicted octanol–water partition coefficient (Wildman–Crippen LogP) is 4.39. The molecule has 0 aliphatic carbocycles. The number of aryl methyl sites for hydroxylation is 1. The molecule has 0 aromatic heterocycles. The maximum Gasteiger partial charge on any atom is 0.323 e. The Hall–Kier alpha value is -2.56. The van der Waals surface area contributed by atoms with Gasteiger partial charge in [0.1, 0.15) is 11.5 Å². The van der Waals surface area contributed by atoms with Crippen LogP contribution in [0.5, 0.6) is 0 Å². The van der Waals surface area contributed by atoms with E-state index in [1.807, 2.05) is 39.0 Å². The fourth-order valence-electron chi connectivity index (χ4n) is 1.67. The van der Waals surface area contributed by atoms with Crippen molar-refractivity contribution in [2.45, 2.75) is 20.8 Å². The van der Waals surface area contributed by atoms with E-state index in [0.29, 0.717) is 5.69 Å². The number of hydrogen-bond acceptors (Lipinski definition) is 2. The highest BCUT2D eigenvalue weighted by atomic mass is 19.1. The molecular formula is C16H20FN3O. The number of benzene rings is 2. The molecule has 0 aliphatic rings. The van der Waals surface area contributed by atoms with E-state index in [9.17, 15) is 9.18 Å². The molecule has 4 nitrogen and oxygen atoms in total. The van der Waals surface area contributed by atoms with Crippen molar-refractivity contribution in [3.63, 3.8) is 0 Å². The van der Waals surface area contributed by atoms with E-state index in [1.165, 1.54) is 18.2 Å². The van der Waals surface area contributed by atoms with Crippen LogP contribution < -0.4 is 16.4 Å². The van der Waals surface area contributed by atoms with Crippen molar-refractivity contribution in [2.75, 3.05) is 16.4 Å². The molecule has 2 rings (SSSR count). The van der Waals surface area contributed by atoms with Crippen molar-refractivity contribution < 1.29 is 9.18 Å². The van der Waals surface area contributed by atoms with E-state index < -0.39 is 11.8 Å². The number of hydrogen-bond donors (Lipinski definition) is 3. The average molecular weight is 289 g/mol. The van der Waals surface area contributed by atoms with Crippen molar-refractivity contribution >= 4 is 23.1 Å². The zero-order chi connectivity index (χ0) is 15.8. The smallest absolute Gasteiger partial charge is 0.323 e. The number of nitrogen functional groups attached to an aromatic ring is 1. The SMILES string of the molecule is CC.Cc1cccc(NC(=O)Nc2c(N)cccc2F)c1. The van der Waals surface area contributed by atoms with Crippen LogP contribution in [0.15, 0.2) is 42.5 Å². The number of amides is 2. The van der Waals surface area contributed by atoms with Gasteiger partial charge in [0.15, 0.2) is 0 Å². The summed E-state index contributed by atoms with van der Waals surface area (Å²) in [5.74, 6) is -0.570. The predicted molar refractivity (Wildman–Crippen MR) is 86.0 cm³/mol. The third-order valence-electron chi connectivity index (χ3n) is 2.56. The van der Waals surface area contributed by atoms with Crippen molar-refractivity contribution in [3.8, 4) is 0 Å². The molecule has 0 unspecified atom stereocenters. The van der Waals surface area contributed by atoms with Crippen molar-refractivity contribution in [2.24, 2.45) is 0 Å². The topological polar surface area (TPSA) is 67.2 Å². The second-order valence-corrected chi connectivity index (χ2v) is 4.15. The number of rotatable bonds is 2. The van der Waals surface area contributed by atoms with Crippen LogP contribution >= 0.6 is 0 Å². The minimum atomic E-state index is -0.570. The van der Waals surface area contributed by atoms with E-state index in [4.69, 9.17) is 5.73 Å². The lowest BCUT2D eigenvalue weighted by atomic mass is 10.2. The third-order valence-corrected chi connectivity index (χ3v) is 2.56. The Morgan fingerprint density at radius 2 is 1.76 bits per heavy atom. The lowest BCUT2D eigenvalue weighted by molar-refractivity contribution is 0.262. The highest BCUT2D eigenvalue weighted by Crippen LogP contribution is 2.22. The summed E-state index contributed by atoms with van der Waals surface area (Å²) >= 11 is 0. The number of carbonyl (C=O) groups is 1. The highest BCUT2D eigenvalue weighted by Gasteiger charge is 2.09. The molecule has 0 spiro atoms. The van der Waals surface area contributed by atoms with E-state index in [2.05, 4.69) is 10.6 Å². The first-order valence-corrected chi connectivity index (χ1v) is 6.75. The summed E-state index contributed by atoms with van der Waals surface area (Å²) in [5.41, 5.74) is 7.41. The Bertz CT molecular complexity index is 594. The Balaban J connectivity index is 0.00000106. The molecule has 2 aromatic carbocycles. The Kier molecular flexibility index (Phi) is 6.20. The van der Waals surface area contributed by atoms with Gasteiger partial charge < -0.3 is 16.4 Å². The van der Waals surface area contributed by atoms with E-state index >= 15 is 0 Å². The second kappa shape index (κ2) is 7.89. The molecular weight excluding hydrogens is 269 g/mol. The number of urea groups is 1. The normalized spacial score (nSPS) is 9.33. The zero-order valence-corrected chi connectivity index (χ0v) is 12.4. The average Bonchev–Trinajstić information content (AvgIpc) is 2.45. The van der Waals surface area contributed by atoms with E-state index in [0.717, 1.165) is 5.56 Å². The number of halogens is 1. The van der Waals surface area contributed by atoms with E-state index in [-0.39, 0.29) is 11.4 Å². The fraction of sp³-hybridized carbons (Fsp3) is 0.188. The molecule has 0 radical (unpaired) electrons. The first-order chi connectivity index (χ1) is 10.1. The van der Waals surface area contributed by atoms with Gasteiger partial charge in [-0.25, -0.2) is 9.18 Å². The van der Waals surface area contributed by atoms with Gasteiger partial charge >= 0.3 is 6.03 Å². The van der Waals surface area contributed by atoms with Gasteiger partial charge in [0.25, 0.3) is 0 Å². The van der Waals surface area contributed by atoms with Gasteiger partial charge in [0.05, 0.1) is 5.69 Å². The number of nitrogens with one attached hydrogen (secondary N) is 2. The molecule has 0 heterocycles. The van der Waals surface area contributed by atoms with Gasteiger partial charge in [-0.2, -0.15) is 0 Å². The van der Waals surface area contributed by atoms with Crippen LogP contribution in [0.1, 0.15) is 19.4 Å². The van der Waals surface area contributed by atoms with Gasteiger partial charge in [-0.1, -0.05) is 32.0 Å². The summed E-state index contributed by atoms with van der Waals surface area (Å²) in [5, 5.41) is 5.01. The summed E-state index contributed by atoms with van der Waals surface area (Å²) in [6, 6.07) is 11.0. The van der Waals surface area contributed by atoms with Crippen LogP contribution in [0.3, 0.4) is 0 Å². The first kappa shape index (κ1) is 16.5. The minimum absolute atomic E-state index is 0.0207. The van der Waals surface area contributed by atoms with Gasteiger partial charge in [0.2, 0.25) is 0 Å². The molecule has 0 saturated heterocycles. The first-order valence-electron chi connectivity index (χ1n) is 6.75. The van der Waals surface area contributed by atoms with Crippen molar-refractivity contribution in [1.82, 2.24) is 0 Å². The van der Waals surface area contributed by atoms with Gasteiger partial charge in [-0.05, 0) is 36.8 Å². The zero-order valence-electron chi connectivity index (χ0n) is 12.4.